The average Bonchev–Trinajstić information content (AvgIpc) is 3.13. The van der Waals surface area contributed by atoms with Crippen LogP contribution in [0.25, 0.3) is 6.08 Å². The van der Waals surface area contributed by atoms with Gasteiger partial charge in [-0.3, -0.25) is 24.6 Å². The van der Waals surface area contributed by atoms with Gasteiger partial charge in [-0.2, -0.15) is 8.42 Å². The highest BCUT2D eigenvalue weighted by molar-refractivity contribution is 9.10. The van der Waals surface area contributed by atoms with E-state index in [4.69, 9.17) is 8.92 Å². The maximum atomic E-state index is 13.2. The van der Waals surface area contributed by atoms with Crippen molar-refractivity contribution in [3.05, 3.63) is 97.1 Å². The van der Waals surface area contributed by atoms with Crippen molar-refractivity contribution in [1.82, 2.24) is 4.90 Å². The fourth-order valence-electron chi connectivity index (χ4n) is 3.36. The predicted molar refractivity (Wildman–Crippen MR) is 140 cm³/mol. The van der Waals surface area contributed by atoms with E-state index in [1.54, 1.807) is 0 Å². The van der Waals surface area contributed by atoms with Crippen LogP contribution in [0.5, 0.6) is 11.5 Å². The van der Waals surface area contributed by atoms with Gasteiger partial charge < -0.3 is 8.92 Å². The number of hydrogen-bond acceptors (Lipinski definition) is 9. The van der Waals surface area contributed by atoms with Crippen LogP contribution < -0.4 is 8.92 Å². The predicted octanol–water partition coefficient (Wildman–Crippen LogP) is 5.51. The third kappa shape index (κ3) is 5.87. The Morgan fingerprint density at radius 3 is 2.37 bits per heavy atom. The molecule has 0 saturated carbocycles. The number of methoxy groups -OCH3 is 1. The number of nitro groups is 1. The van der Waals surface area contributed by atoms with E-state index < -0.39 is 32.0 Å². The normalized spacial score (nSPS) is 14.7. The second-order valence-electron chi connectivity index (χ2n) is 7.72. The van der Waals surface area contributed by atoms with Gasteiger partial charge in [0.25, 0.3) is 16.8 Å². The minimum atomic E-state index is -4.38. The smallest absolute Gasteiger partial charge is 0.339 e. The molecular weight excluding hydrogens is 607 g/mol. The Bertz CT molecular complexity index is 1580. The SMILES string of the molecule is COc1cc(/C=C2\SC(=O)N(Cc3ccc(F)cc3)C2=O)cc(Br)c1OS(=O)(=O)c1ccc([N+](=O)[O-])cc1. The number of non-ortho nitro benzene ring substituents is 1. The molecule has 2 amide bonds. The number of hydrogen-bond donors (Lipinski definition) is 0. The molecule has 4 rings (SSSR count). The zero-order valence-electron chi connectivity index (χ0n) is 19.3. The molecule has 1 saturated heterocycles. The molecular formula is C24H16BrFN2O8S2. The number of carbonyl (C=O) groups is 2. The number of nitrogens with zero attached hydrogens (tertiary/aromatic N) is 2. The largest absolute Gasteiger partial charge is 0.493 e. The molecule has 0 spiro atoms. The van der Waals surface area contributed by atoms with E-state index in [0.29, 0.717) is 11.1 Å². The summed E-state index contributed by atoms with van der Waals surface area (Å²) in [4.78, 5) is 36.3. The fourth-order valence-corrected chi connectivity index (χ4v) is 5.80. The van der Waals surface area contributed by atoms with Crippen molar-refractivity contribution in [3.8, 4) is 11.5 Å². The minimum Gasteiger partial charge on any atom is -0.493 e. The molecule has 1 aliphatic heterocycles. The van der Waals surface area contributed by atoms with Gasteiger partial charge in [-0.15, -0.1) is 0 Å². The van der Waals surface area contributed by atoms with Crippen LogP contribution in [-0.2, 0) is 21.5 Å². The van der Waals surface area contributed by atoms with Crippen LogP contribution in [0.2, 0.25) is 0 Å². The van der Waals surface area contributed by atoms with Crippen LogP contribution in [0.1, 0.15) is 11.1 Å². The van der Waals surface area contributed by atoms with Crippen molar-refractivity contribution in [2.24, 2.45) is 0 Å². The quantitative estimate of drug-likeness (QED) is 0.138. The van der Waals surface area contributed by atoms with Gasteiger partial charge in [0.1, 0.15) is 10.7 Å². The van der Waals surface area contributed by atoms with Crippen LogP contribution in [0, 0.1) is 15.9 Å². The summed E-state index contributed by atoms with van der Waals surface area (Å²) in [6.07, 6.45) is 1.44. The highest BCUT2D eigenvalue weighted by Crippen LogP contribution is 2.40. The molecule has 1 aliphatic rings. The van der Waals surface area contributed by atoms with Crippen molar-refractivity contribution < 1.29 is 36.2 Å². The van der Waals surface area contributed by atoms with E-state index in [1.165, 1.54) is 49.6 Å². The van der Waals surface area contributed by atoms with E-state index >= 15 is 0 Å². The lowest BCUT2D eigenvalue weighted by Crippen LogP contribution is -2.27. The number of halogens is 2. The first-order chi connectivity index (χ1) is 18.0. The summed E-state index contributed by atoms with van der Waals surface area (Å²) in [5.41, 5.74) is 0.699. The van der Waals surface area contributed by atoms with E-state index in [1.807, 2.05) is 0 Å². The van der Waals surface area contributed by atoms with Gasteiger partial charge in [0.05, 0.1) is 28.0 Å². The third-order valence-electron chi connectivity index (χ3n) is 5.21. The number of rotatable bonds is 8. The molecule has 14 heteroatoms. The van der Waals surface area contributed by atoms with Crippen molar-refractivity contribution >= 4 is 60.7 Å². The van der Waals surface area contributed by atoms with Gasteiger partial charge in [0, 0.05) is 12.1 Å². The number of nitro benzene ring substituents is 1. The summed E-state index contributed by atoms with van der Waals surface area (Å²) in [5, 5.41) is 10.3. The Balaban J connectivity index is 1.58. The van der Waals surface area contributed by atoms with Gasteiger partial charge >= 0.3 is 10.1 Å². The summed E-state index contributed by atoms with van der Waals surface area (Å²) < 4.78 is 49.4. The Kier molecular flexibility index (Phi) is 7.85. The second-order valence-corrected chi connectivity index (χ2v) is 11.1. The van der Waals surface area contributed by atoms with Gasteiger partial charge in [-0.1, -0.05) is 12.1 Å². The Hall–Kier alpha value is -3.75. The number of ether oxygens (including phenoxy) is 1. The van der Waals surface area contributed by atoms with Crippen molar-refractivity contribution in [3.63, 3.8) is 0 Å². The van der Waals surface area contributed by atoms with Crippen molar-refractivity contribution in [2.45, 2.75) is 11.4 Å². The Labute approximate surface area is 228 Å². The zero-order chi connectivity index (χ0) is 27.6. The second kappa shape index (κ2) is 10.9. The van der Waals surface area contributed by atoms with Gasteiger partial charge in [-0.25, -0.2) is 4.39 Å². The number of carbonyl (C=O) groups excluding carboxylic acids is 2. The molecule has 0 N–H and O–H groups in total. The van der Waals surface area contributed by atoms with Crippen LogP contribution in [0.15, 0.2) is 74.9 Å². The van der Waals surface area contributed by atoms with E-state index in [-0.39, 0.29) is 38.0 Å². The molecule has 0 bridgehead atoms. The molecule has 3 aromatic carbocycles. The molecule has 196 valence electrons. The molecule has 0 radical (unpaired) electrons. The van der Waals surface area contributed by atoms with E-state index in [0.717, 1.165) is 40.9 Å². The lowest BCUT2D eigenvalue weighted by molar-refractivity contribution is -0.384. The van der Waals surface area contributed by atoms with Gasteiger partial charge in [-0.05, 0) is 81.3 Å². The average molecular weight is 623 g/mol. The molecule has 10 nitrogen and oxygen atoms in total. The molecule has 0 aromatic heterocycles. The molecule has 3 aromatic rings. The highest BCUT2D eigenvalue weighted by Gasteiger charge is 2.35. The van der Waals surface area contributed by atoms with Gasteiger partial charge in [0.15, 0.2) is 11.5 Å². The number of amides is 2. The van der Waals surface area contributed by atoms with Crippen LogP contribution in [0.3, 0.4) is 0 Å². The topological polar surface area (TPSA) is 133 Å². The Morgan fingerprint density at radius 2 is 1.76 bits per heavy atom. The first-order valence-electron chi connectivity index (χ1n) is 10.5. The maximum Gasteiger partial charge on any atom is 0.339 e. The minimum absolute atomic E-state index is 0.00153. The van der Waals surface area contributed by atoms with Crippen molar-refractivity contribution in [2.75, 3.05) is 7.11 Å². The molecule has 0 unspecified atom stereocenters. The fraction of sp³-hybridized carbons (Fsp3) is 0.0833. The zero-order valence-corrected chi connectivity index (χ0v) is 22.5. The molecule has 0 atom stereocenters. The Morgan fingerprint density at radius 1 is 1.11 bits per heavy atom. The summed E-state index contributed by atoms with van der Waals surface area (Å²) >= 11 is 3.97. The van der Waals surface area contributed by atoms with Crippen LogP contribution >= 0.6 is 27.7 Å². The summed E-state index contributed by atoms with van der Waals surface area (Å²) in [6, 6.07) is 12.5. The first kappa shape index (κ1) is 27.3. The number of benzene rings is 3. The molecule has 1 heterocycles. The van der Waals surface area contributed by atoms with E-state index in [9.17, 15) is 32.5 Å². The summed E-state index contributed by atoms with van der Waals surface area (Å²) in [5.74, 6) is -1.16. The molecule has 1 fully saturated rings. The first-order valence-corrected chi connectivity index (χ1v) is 13.6. The molecule has 38 heavy (non-hydrogen) atoms. The molecule has 0 aliphatic carbocycles. The highest BCUT2D eigenvalue weighted by atomic mass is 79.9. The standard InChI is InChI=1S/C24H16BrFN2O8S2/c1-35-20-11-15(12-21-23(29)27(24(30)37-21)13-14-2-4-16(26)5-3-14)10-19(25)22(20)36-38(33,34)18-8-6-17(7-9-18)28(31)32/h2-12H,13H2,1H3/b21-12-. The van der Waals surface area contributed by atoms with Crippen LogP contribution in [-0.4, -0.2) is 36.5 Å². The third-order valence-corrected chi connectivity index (χ3v) is 7.94. The monoisotopic (exact) mass is 622 g/mol. The van der Waals surface area contributed by atoms with Crippen molar-refractivity contribution in [1.29, 1.82) is 0 Å². The maximum absolute atomic E-state index is 13.2. The summed E-state index contributed by atoms with van der Waals surface area (Å²) in [6.45, 7) is -0.0252. The number of thioether (sulfide) groups is 1. The summed E-state index contributed by atoms with van der Waals surface area (Å²) in [7, 11) is -3.10. The number of imide groups is 1. The van der Waals surface area contributed by atoms with Gasteiger partial charge in [0.2, 0.25) is 0 Å². The van der Waals surface area contributed by atoms with E-state index in [2.05, 4.69) is 15.9 Å². The lowest BCUT2D eigenvalue weighted by Gasteiger charge is -2.14. The lowest BCUT2D eigenvalue weighted by atomic mass is 10.1. The van der Waals surface area contributed by atoms with Crippen LogP contribution in [0.4, 0.5) is 14.9 Å².